The Morgan fingerprint density at radius 1 is 1.50 bits per heavy atom. The van der Waals surface area contributed by atoms with Crippen molar-refractivity contribution in [2.24, 2.45) is 7.05 Å². The largest absolute Gasteiger partial charge is 0.363 e. The third-order valence-corrected chi connectivity index (χ3v) is 3.04. The van der Waals surface area contributed by atoms with Crippen LogP contribution in [0.3, 0.4) is 0 Å². The van der Waals surface area contributed by atoms with E-state index in [1.165, 1.54) is 12.8 Å². The second-order valence-corrected chi connectivity index (χ2v) is 4.53. The van der Waals surface area contributed by atoms with Crippen molar-refractivity contribution in [2.75, 3.05) is 18.4 Å². The van der Waals surface area contributed by atoms with E-state index in [0.717, 1.165) is 6.54 Å². The first-order valence-electron chi connectivity index (χ1n) is 6.31. The minimum Gasteiger partial charge on any atom is -0.363 e. The molecule has 1 saturated carbocycles. The molecule has 2 rings (SSSR count). The van der Waals surface area contributed by atoms with Crippen LogP contribution in [0.15, 0.2) is 0 Å². The molecular weight excluding hydrogens is 234 g/mol. The van der Waals surface area contributed by atoms with E-state index >= 15 is 0 Å². The van der Waals surface area contributed by atoms with E-state index in [1.54, 1.807) is 11.7 Å². The Labute approximate surface area is 106 Å². The molecule has 0 aromatic carbocycles. The second-order valence-electron chi connectivity index (χ2n) is 4.53. The van der Waals surface area contributed by atoms with E-state index in [0.29, 0.717) is 30.5 Å². The lowest BCUT2D eigenvalue weighted by Crippen LogP contribution is -2.24. The van der Waals surface area contributed by atoms with Gasteiger partial charge >= 0.3 is 5.69 Å². The summed E-state index contributed by atoms with van der Waals surface area (Å²) < 4.78 is 1.55. The number of nitro groups is 1. The van der Waals surface area contributed by atoms with Gasteiger partial charge in [-0.2, -0.15) is 5.10 Å². The van der Waals surface area contributed by atoms with Crippen LogP contribution < -0.4 is 10.6 Å². The fourth-order valence-corrected chi connectivity index (χ4v) is 1.94. The van der Waals surface area contributed by atoms with Gasteiger partial charge in [0.25, 0.3) is 0 Å². The highest BCUT2D eigenvalue weighted by molar-refractivity contribution is 5.59. The van der Waals surface area contributed by atoms with Gasteiger partial charge in [-0.25, -0.2) is 4.68 Å². The number of hydrogen-bond donors (Lipinski definition) is 2. The van der Waals surface area contributed by atoms with Gasteiger partial charge in [-0.1, -0.05) is 6.92 Å². The summed E-state index contributed by atoms with van der Waals surface area (Å²) in [4.78, 5) is 10.7. The van der Waals surface area contributed by atoms with Crippen molar-refractivity contribution in [3.8, 4) is 0 Å². The molecule has 2 N–H and O–H groups in total. The second kappa shape index (κ2) is 5.34. The molecule has 100 valence electrons. The van der Waals surface area contributed by atoms with Gasteiger partial charge < -0.3 is 10.6 Å². The molecule has 7 nitrogen and oxygen atoms in total. The molecule has 7 heteroatoms. The lowest BCUT2D eigenvalue weighted by Gasteiger charge is -2.06. The number of nitrogens with one attached hydrogen (secondary N) is 2. The summed E-state index contributed by atoms with van der Waals surface area (Å²) in [5.74, 6) is 0.495. The van der Waals surface area contributed by atoms with Gasteiger partial charge in [-0.15, -0.1) is 0 Å². The SMILES string of the molecule is CCc1nn(C)c(NCCNC2CC2)c1[N+](=O)[O-]. The predicted molar refractivity (Wildman–Crippen MR) is 68.8 cm³/mol. The molecule has 18 heavy (non-hydrogen) atoms. The minimum absolute atomic E-state index is 0.103. The summed E-state index contributed by atoms with van der Waals surface area (Å²) in [7, 11) is 1.73. The standard InChI is InChI=1S/C11H19N5O2/c1-3-9-10(16(17)18)11(15(2)14-9)13-7-6-12-8-4-5-8/h8,12-13H,3-7H2,1-2H3. The smallest absolute Gasteiger partial charge is 0.333 e. The molecule has 0 unspecified atom stereocenters. The minimum atomic E-state index is -0.359. The maximum atomic E-state index is 11.1. The highest BCUT2D eigenvalue weighted by Crippen LogP contribution is 2.28. The summed E-state index contributed by atoms with van der Waals surface area (Å²) in [6, 6.07) is 0.652. The van der Waals surface area contributed by atoms with Crippen molar-refractivity contribution in [3.05, 3.63) is 15.8 Å². The summed E-state index contributed by atoms with van der Waals surface area (Å²) in [6.45, 7) is 3.35. The molecule has 1 heterocycles. The molecular formula is C11H19N5O2. The molecule has 1 aliphatic carbocycles. The topological polar surface area (TPSA) is 85.0 Å². The number of aromatic nitrogens is 2. The van der Waals surface area contributed by atoms with Gasteiger partial charge in [0.05, 0.1) is 4.92 Å². The van der Waals surface area contributed by atoms with Gasteiger partial charge in [-0.05, 0) is 19.3 Å². The molecule has 0 radical (unpaired) electrons. The van der Waals surface area contributed by atoms with Crippen LogP contribution in [0.2, 0.25) is 0 Å². The van der Waals surface area contributed by atoms with Crippen LogP contribution in [0.25, 0.3) is 0 Å². The average molecular weight is 253 g/mol. The normalized spacial score (nSPS) is 14.8. The lowest BCUT2D eigenvalue weighted by molar-refractivity contribution is -0.384. The molecule has 0 bridgehead atoms. The molecule has 0 spiro atoms. The van der Waals surface area contributed by atoms with Crippen molar-refractivity contribution in [3.63, 3.8) is 0 Å². The molecule has 0 aliphatic heterocycles. The van der Waals surface area contributed by atoms with Gasteiger partial charge in [0.15, 0.2) is 0 Å². The van der Waals surface area contributed by atoms with Crippen molar-refractivity contribution >= 4 is 11.5 Å². The van der Waals surface area contributed by atoms with Crippen molar-refractivity contribution < 1.29 is 4.92 Å². The van der Waals surface area contributed by atoms with Crippen LogP contribution in [-0.4, -0.2) is 33.8 Å². The molecule has 1 aromatic rings. The van der Waals surface area contributed by atoms with E-state index < -0.39 is 0 Å². The fraction of sp³-hybridized carbons (Fsp3) is 0.727. The van der Waals surface area contributed by atoms with E-state index in [1.807, 2.05) is 6.92 Å². The van der Waals surface area contributed by atoms with E-state index in [9.17, 15) is 10.1 Å². The van der Waals surface area contributed by atoms with Crippen LogP contribution in [0.1, 0.15) is 25.5 Å². The predicted octanol–water partition coefficient (Wildman–Crippen LogP) is 1.05. The number of rotatable bonds is 7. The highest BCUT2D eigenvalue weighted by atomic mass is 16.6. The molecule has 1 aliphatic rings. The molecule has 0 saturated heterocycles. The monoisotopic (exact) mass is 253 g/mol. The van der Waals surface area contributed by atoms with E-state index in [-0.39, 0.29) is 10.6 Å². The lowest BCUT2D eigenvalue weighted by atomic mass is 10.3. The third-order valence-electron chi connectivity index (χ3n) is 3.04. The maximum Gasteiger partial charge on any atom is 0.333 e. The molecule has 1 aromatic heterocycles. The van der Waals surface area contributed by atoms with Crippen LogP contribution in [0, 0.1) is 10.1 Å². The Morgan fingerprint density at radius 2 is 2.22 bits per heavy atom. The third kappa shape index (κ3) is 2.79. The van der Waals surface area contributed by atoms with Gasteiger partial charge in [0.1, 0.15) is 5.69 Å². The van der Waals surface area contributed by atoms with Gasteiger partial charge in [0, 0.05) is 26.2 Å². The number of aryl methyl sites for hydroxylation is 2. The zero-order chi connectivity index (χ0) is 13.1. The van der Waals surface area contributed by atoms with Crippen molar-refractivity contribution in [1.82, 2.24) is 15.1 Å². The number of hydrogen-bond acceptors (Lipinski definition) is 5. The van der Waals surface area contributed by atoms with Crippen molar-refractivity contribution in [2.45, 2.75) is 32.2 Å². The average Bonchev–Trinajstić information content (AvgIpc) is 3.09. The molecule has 0 atom stereocenters. The Morgan fingerprint density at radius 3 is 2.78 bits per heavy atom. The van der Waals surface area contributed by atoms with Crippen LogP contribution in [0.4, 0.5) is 11.5 Å². The zero-order valence-corrected chi connectivity index (χ0v) is 10.8. The number of anilines is 1. The number of nitrogens with zero attached hydrogens (tertiary/aromatic N) is 3. The first kappa shape index (κ1) is 12.8. The van der Waals surface area contributed by atoms with Gasteiger partial charge in [0.2, 0.25) is 5.82 Å². The maximum absolute atomic E-state index is 11.1. The first-order chi connectivity index (χ1) is 8.63. The highest BCUT2D eigenvalue weighted by Gasteiger charge is 2.25. The summed E-state index contributed by atoms with van der Waals surface area (Å²) in [6.07, 6.45) is 3.05. The van der Waals surface area contributed by atoms with E-state index in [2.05, 4.69) is 15.7 Å². The van der Waals surface area contributed by atoms with E-state index in [4.69, 9.17) is 0 Å². The Balaban J connectivity index is 2.00. The zero-order valence-electron chi connectivity index (χ0n) is 10.8. The Hall–Kier alpha value is -1.63. The Kier molecular flexibility index (Phi) is 3.81. The quantitative estimate of drug-likeness (QED) is 0.431. The summed E-state index contributed by atoms with van der Waals surface area (Å²) in [5, 5.41) is 21.7. The van der Waals surface area contributed by atoms with Crippen molar-refractivity contribution in [1.29, 1.82) is 0 Å². The van der Waals surface area contributed by atoms with Crippen LogP contribution >= 0.6 is 0 Å². The van der Waals surface area contributed by atoms with Crippen LogP contribution in [-0.2, 0) is 13.5 Å². The molecule has 1 fully saturated rings. The Bertz CT molecular complexity index is 439. The first-order valence-corrected chi connectivity index (χ1v) is 6.31. The fourth-order valence-electron chi connectivity index (χ4n) is 1.94. The summed E-state index contributed by atoms with van der Waals surface area (Å²) in [5.41, 5.74) is 0.631. The van der Waals surface area contributed by atoms with Gasteiger partial charge in [-0.3, -0.25) is 10.1 Å². The summed E-state index contributed by atoms with van der Waals surface area (Å²) >= 11 is 0. The molecule has 0 amide bonds. The van der Waals surface area contributed by atoms with Crippen LogP contribution in [0.5, 0.6) is 0 Å².